The summed E-state index contributed by atoms with van der Waals surface area (Å²) in [5.41, 5.74) is 2.28. The van der Waals surface area contributed by atoms with Gasteiger partial charge in [0.1, 0.15) is 12.4 Å². The summed E-state index contributed by atoms with van der Waals surface area (Å²) in [5, 5.41) is 3.16. The number of carbonyl (C=O) groups excluding carboxylic acids is 1. The number of nitrogens with one attached hydrogen (secondary N) is 1. The fraction of sp³-hybridized carbons (Fsp3) is 0.250. The summed E-state index contributed by atoms with van der Waals surface area (Å²) in [6.45, 7) is 4.62. The van der Waals surface area contributed by atoms with Gasteiger partial charge in [0.25, 0.3) is 5.91 Å². The third-order valence-corrected chi connectivity index (χ3v) is 3.19. The predicted octanol–water partition coefficient (Wildman–Crippen LogP) is 3.16. The molecule has 2 aromatic rings. The third-order valence-electron chi connectivity index (χ3n) is 2.88. The first-order chi connectivity index (χ1) is 10.1. The van der Waals surface area contributed by atoms with Crippen LogP contribution in [0.25, 0.3) is 0 Å². The molecule has 0 aliphatic carbocycles. The van der Waals surface area contributed by atoms with E-state index in [1.807, 2.05) is 38.1 Å². The first-order valence-corrected chi connectivity index (χ1v) is 7.04. The van der Waals surface area contributed by atoms with Crippen LogP contribution in [0.3, 0.4) is 0 Å². The van der Waals surface area contributed by atoms with Gasteiger partial charge in [-0.1, -0.05) is 23.7 Å². The Kier molecular flexibility index (Phi) is 5.17. The molecule has 1 aromatic carbocycles. The fourth-order valence-electron chi connectivity index (χ4n) is 1.83. The molecule has 21 heavy (non-hydrogen) atoms. The number of aromatic nitrogens is 1. The average Bonchev–Trinajstić information content (AvgIpc) is 2.43. The molecule has 0 fully saturated rings. The first kappa shape index (κ1) is 15.3. The molecule has 1 N–H and O–H groups in total. The van der Waals surface area contributed by atoms with Crippen molar-refractivity contribution in [2.75, 3.05) is 13.2 Å². The van der Waals surface area contributed by atoms with Crippen molar-refractivity contribution in [2.45, 2.75) is 13.8 Å². The van der Waals surface area contributed by atoms with E-state index < -0.39 is 0 Å². The lowest BCUT2D eigenvalue weighted by molar-refractivity contribution is 0.0947. The van der Waals surface area contributed by atoms with Crippen molar-refractivity contribution in [1.29, 1.82) is 0 Å². The molecule has 1 heterocycles. The van der Waals surface area contributed by atoms with Crippen molar-refractivity contribution >= 4 is 17.5 Å². The van der Waals surface area contributed by atoms with Gasteiger partial charge in [0, 0.05) is 11.9 Å². The van der Waals surface area contributed by atoms with Gasteiger partial charge in [0.15, 0.2) is 0 Å². The number of rotatable bonds is 5. The van der Waals surface area contributed by atoms with E-state index in [1.165, 1.54) is 6.20 Å². The Balaban J connectivity index is 1.82. The van der Waals surface area contributed by atoms with Gasteiger partial charge in [-0.2, -0.15) is 0 Å². The monoisotopic (exact) mass is 304 g/mol. The van der Waals surface area contributed by atoms with Crippen LogP contribution in [-0.4, -0.2) is 24.0 Å². The maximum atomic E-state index is 12.0. The molecular formula is C16H17ClN2O2. The molecule has 0 spiro atoms. The van der Waals surface area contributed by atoms with E-state index in [4.69, 9.17) is 16.3 Å². The van der Waals surface area contributed by atoms with E-state index in [1.54, 1.807) is 6.07 Å². The van der Waals surface area contributed by atoms with Crippen molar-refractivity contribution in [3.8, 4) is 5.75 Å². The zero-order valence-corrected chi connectivity index (χ0v) is 12.8. The number of amides is 1. The highest BCUT2D eigenvalue weighted by Crippen LogP contribution is 2.15. The Hall–Kier alpha value is -2.07. The largest absolute Gasteiger partial charge is 0.492 e. The molecule has 1 aromatic heterocycles. The Morgan fingerprint density at radius 3 is 2.86 bits per heavy atom. The number of benzene rings is 1. The van der Waals surface area contributed by atoms with Crippen LogP contribution >= 0.6 is 11.6 Å². The SMILES string of the molecule is Cc1cccc(OCCNC(=O)c2cnc(C)cc2Cl)c1. The zero-order valence-electron chi connectivity index (χ0n) is 12.0. The van der Waals surface area contributed by atoms with Crippen LogP contribution in [0.4, 0.5) is 0 Å². The Bertz CT molecular complexity index is 644. The maximum absolute atomic E-state index is 12.0. The van der Waals surface area contributed by atoms with Crippen molar-refractivity contribution in [1.82, 2.24) is 10.3 Å². The summed E-state index contributed by atoms with van der Waals surface area (Å²) in [7, 11) is 0. The van der Waals surface area contributed by atoms with Gasteiger partial charge < -0.3 is 10.1 Å². The molecule has 0 unspecified atom stereocenters. The molecule has 2 rings (SSSR count). The second-order valence-corrected chi connectivity index (χ2v) is 5.13. The molecule has 110 valence electrons. The molecule has 0 saturated carbocycles. The van der Waals surface area contributed by atoms with Crippen LogP contribution in [0, 0.1) is 13.8 Å². The second-order valence-electron chi connectivity index (χ2n) is 4.73. The van der Waals surface area contributed by atoms with E-state index in [0.29, 0.717) is 23.7 Å². The van der Waals surface area contributed by atoms with E-state index >= 15 is 0 Å². The van der Waals surface area contributed by atoms with E-state index in [9.17, 15) is 4.79 Å². The summed E-state index contributed by atoms with van der Waals surface area (Å²) in [4.78, 5) is 16.0. The van der Waals surface area contributed by atoms with Gasteiger partial charge in [-0.25, -0.2) is 0 Å². The number of halogens is 1. The molecule has 0 aliphatic heterocycles. The average molecular weight is 305 g/mol. The second kappa shape index (κ2) is 7.09. The molecular weight excluding hydrogens is 288 g/mol. The lowest BCUT2D eigenvalue weighted by atomic mass is 10.2. The minimum Gasteiger partial charge on any atom is -0.492 e. The summed E-state index contributed by atoms with van der Waals surface area (Å²) >= 11 is 6.02. The molecule has 0 radical (unpaired) electrons. The van der Waals surface area contributed by atoms with Crippen molar-refractivity contribution in [3.05, 3.63) is 58.4 Å². The number of aryl methyl sites for hydroxylation is 2. The lowest BCUT2D eigenvalue weighted by Gasteiger charge is -2.09. The molecule has 5 heteroatoms. The van der Waals surface area contributed by atoms with Crippen LogP contribution in [-0.2, 0) is 0 Å². The number of hydrogen-bond donors (Lipinski definition) is 1. The number of ether oxygens (including phenoxy) is 1. The minimum atomic E-state index is -0.250. The van der Waals surface area contributed by atoms with E-state index in [0.717, 1.165) is 17.0 Å². The van der Waals surface area contributed by atoms with Crippen molar-refractivity contribution in [2.24, 2.45) is 0 Å². The number of hydrogen-bond acceptors (Lipinski definition) is 3. The number of nitrogens with zero attached hydrogens (tertiary/aromatic N) is 1. The minimum absolute atomic E-state index is 0.250. The topological polar surface area (TPSA) is 51.2 Å². The molecule has 0 atom stereocenters. The standard InChI is InChI=1S/C16H17ClN2O2/c1-11-4-3-5-13(8-11)21-7-6-18-16(20)14-10-19-12(2)9-15(14)17/h3-5,8-10H,6-7H2,1-2H3,(H,18,20). The van der Waals surface area contributed by atoms with Gasteiger partial charge >= 0.3 is 0 Å². The fourth-order valence-corrected chi connectivity index (χ4v) is 2.12. The summed E-state index contributed by atoms with van der Waals surface area (Å²) in [5.74, 6) is 0.541. The highest BCUT2D eigenvalue weighted by Gasteiger charge is 2.10. The maximum Gasteiger partial charge on any atom is 0.254 e. The molecule has 0 aliphatic rings. The molecule has 0 saturated heterocycles. The van der Waals surface area contributed by atoms with Crippen molar-refractivity contribution < 1.29 is 9.53 Å². The quantitative estimate of drug-likeness (QED) is 0.863. The third kappa shape index (κ3) is 4.46. The Morgan fingerprint density at radius 2 is 2.14 bits per heavy atom. The summed E-state index contributed by atoms with van der Waals surface area (Å²) in [6.07, 6.45) is 1.48. The summed E-state index contributed by atoms with van der Waals surface area (Å²) < 4.78 is 5.56. The van der Waals surface area contributed by atoms with Gasteiger partial charge in [-0.15, -0.1) is 0 Å². The summed E-state index contributed by atoms with van der Waals surface area (Å²) in [6, 6.07) is 9.43. The van der Waals surface area contributed by atoms with Gasteiger partial charge in [0.05, 0.1) is 17.1 Å². The Morgan fingerprint density at radius 1 is 1.33 bits per heavy atom. The lowest BCUT2D eigenvalue weighted by Crippen LogP contribution is -2.28. The zero-order chi connectivity index (χ0) is 15.2. The molecule has 1 amide bonds. The highest BCUT2D eigenvalue weighted by molar-refractivity contribution is 6.33. The van der Waals surface area contributed by atoms with E-state index in [-0.39, 0.29) is 5.91 Å². The first-order valence-electron chi connectivity index (χ1n) is 6.66. The van der Waals surface area contributed by atoms with Crippen LogP contribution in [0.2, 0.25) is 5.02 Å². The van der Waals surface area contributed by atoms with Crippen molar-refractivity contribution in [3.63, 3.8) is 0 Å². The molecule has 0 bridgehead atoms. The smallest absolute Gasteiger partial charge is 0.254 e. The van der Waals surface area contributed by atoms with Crippen LogP contribution < -0.4 is 10.1 Å². The van der Waals surface area contributed by atoms with Crippen LogP contribution in [0.15, 0.2) is 36.5 Å². The molecule has 4 nitrogen and oxygen atoms in total. The van der Waals surface area contributed by atoms with Crippen LogP contribution in [0.5, 0.6) is 5.75 Å². The van der Waals surface area contributed by atoms with Gasteiger partial charge in [-0.3, -0.25) is 9.78 Å². The van der Waals surface area contributed by atoms with E-state index in [2.05, 4.69) is 10.3 Å². The predicted molar refractivity (Wildman–Crippen MR) is 83.0 cm³/mol. The van der Waals surface area contributed by atoms with Gasteiger partial charge in [0.2, 0.25) is 0 Å². The number of carbonyl (C=O) groups is 1. The highest BCUT2D eigenvalue weighted by atomic mass is 35.5. The Labute approximate surface area is 129 Å². The van der Waals surface area contributed by atoms with Gasteiger partial charge in [-0.05, 0) is 37.6 Å². The normalized spacial score (nSPS) is 10.2. The van der Waals surface area contributed by atoms with Crippen LogP contribution in [0.1, 0.15) is 21.6 Å². The number of pyridine rings is 1.